The number of hydrogen-bond donors (Lipinski definition) is 2. The van der Waals surface area contributed by atoms with Crippen LogP contribution in [0.1, 0.15) is 17.3 Å². The zero-order chi connectivity index (χ0) is 16.4. The maximum Gasteiger partial charge on any atom is 0.337 e. The van der Waals surface area contributed by atoms with Crippen LogP contribution < -0.4 is 4.72 Å². The molecule has 0 heterocycles. The van der Waals surface area contributed by atoms with Gasteiger partial charge in [0.05, 0.1) is 15.6 Å². The molecule has 1 rings (SSSR count). The standard InChI is InChI=1S/C11H13Cl2NO5S2/c1-6(5-20(2)17)14-21(18,19)10-3-7(11(15)16)8(12)4-9(10)13/h3-4,6,14H,5H2,1-2H3,(H,15,16). The average molecular weight is 374 g/mol. The fourth-order valence-electron chi connectivity index (χ4n) is 1.61. The van der Waals surface area contributed by atoms with Crippen molar-refractivity contribution in [3.8, 4) is 0 Å². The first kappa shape index (κ1) is 18.4. The van der Waals surface area contributed by atoms with Crippen LogP contribution in [0.15, 0.2) is 17.0 Å². The van der Waals surface area contributed by atoms with E-state index in [1.54, 1.807) is 6.92 Å². The van der Waals surface area contributed by atoms with Gasteiger partial charge in [0.25, 0.3) is 0 Å². The van der Waals surface area contributed by atoms with Gasteiger partial charge < -0.3 is 5.11 Å². The van der Waals surface area contributed by atoms with E-state index in [-0.39, 0.29) is 26.3 Å². The summed E-state index contributed by atoms with van der Waals surface area (Å²) in [5.41, 5.74) is -0.367. The summed E-state index contributed by atoms with van der Waals surface area (Å²) in [7, 11) is -5.23. The molecule has 2 unspecified atom stereocenters. The molecule has 0 saturated carbocycles. The molecule has 6 nitrogen and oxygen atoms in total. The Balaban J connectivity index is 3.22. The lowest BCUT2D eigenvalue weighted by Crippen LogP contribution is -2.36. The van der Waals surface area contributed by atoms with Gasteiger partial charge in [-0.1, -0.05) is 23.2 Å². The number of benzene rings is 1. The molecule has 0 fully saturated rings. The van der Waals surface area contributed by atoms with Gasteiger partial charge in [0.2, 0.25) is 10.0 Å². The van der Waals surface area contributed by atoms with Gasteiger partial charge in [-0.05, 0) is 19.1 Å². The van der Waals surface area contributed by atoms with Crippen LogP contribution in [-0.4, -0.2) is 41.8 Å². The molecule has 21 heavy (non-hydrogen) atoms. The van der Waals surface area contributed by atoms with Crippen LogP contribution in [0.5, 0.6) is 0 Å². The highest BCUT2D eigenvalue weighted by molar-refractivity contribution is 7.89. The Morgan fingerprint density at radius 3 is 2.43 bits per heavy atom. The smallest absolute Gasteiger partial charge is 0.337 e. The molecule has 10 heteroatoms. The summed E-state index contributed by atoms with van der Waals surface area (Å²) in [5.74, 6) is -1.24. The van der Waals surface area contributed by atoms with Crippen molar-refractivity contribution < 1.29 is 22.5 Å². The lowest BCUT2D eigenvalue weighted by Gasteiger charge is -2.14. The maximum atomic E-state index is 12.2. The Kier molecular flexibility index (Phi) is 6.18. The van der Waals surface area contributed by atoms with Gasteiger partial charge in [0.1, 0.15) is 4.90 Å². The Bertz CT molecular complexity index is 690. The fraction of sp³-hybridized carbons (Fsp3) is 0.364. The molecule has 1 aromatic rings. The van der Waals surface area contributed by atoms with Gasteiger partial charge in [-0.2, -0.15) is 0 Å². The molecular weight excluding hydrogens is 361 g/mol. The highest BCUT2D eigenvalue weighted by Gasteiger charge is 2.24. The van der Waals surface area contributed by atoms with E-state index in [2.05, 4.69) is 4.72 Å². The molecule has 118 valence electrons. The molecule has 0 aliphatic heterocycles. The number of nitrogens with one attached hydrogen (secondary N) is 1. The van der Waals surface area contributed by atoms with Gasteiger partial charge in [-0.3, -0.25) is 4.21 Å². The first-order valence-electron chi connectivity index (χ1n) is 5.59. The number of rotatable bonds is 6. The predicted molar refractivity (Wildman–Crippen MR) is 82.1 cm³/mol. The normalized spacial score (nSPS) is 14.7. The molecule has 0 amide bonds. The minimum absolute atomic E-state index is 0.121. The first-order chi connectivity index (χ1) is 9.54. The number of aromatic carboxylic acids is 1. The largest absolute Gasteiger partial charge is 0.478 e. The molecule has 2 atom stereocenters. The lowest BCUT2D eigenvalue weighted by atomic mass is 10.2. The Morgan fingerprint density at radius 2 is 1.95 bits per heavy atom. The van der Waals surface area contributed by atoms with Gasteiger partial charge in [0, 0.05) is 28.9 Å². The summed E-state index contributed by atoms with van der Waals surface area (Å²) in [6.45, 7) is 1.54. The van der Waals surface area contributed by atoms with Gasteiger partial charge in [0.15, 0.2) is 0 Å². The second kappa shape index (κ2) is 7.06. The molecule has 0 aromatic heterocycles. The van der Waals surface area contributed by atoms with Crippen molar-refractivity contribution in [2.75, 3.05) is 12.0 Å². The average Bonchev–Trinajstić information content (AvgIpc) is 2.25. The van der Waals surface area contributed by atoms with Crippen LogP contribution in [0.3, 0.4) is 0 Å². The number of carboxylic acid groups (broad SMARTS) is 1. The van der Waals surface area contributed by atoms with Gasteiger partial charge in [-0.25, -0.2) is 17.9 Å². The van der Waals surface area contributed by atoms with Crippen LogP contribution in [0.25, 0.3) is 0 Å². The third-order valence-corrected chi connectivity index (χ3v) is 5.72. The van der Waals surface area contributed by atoms with Crippen molar-refractivity contribution in [2.24, 2.45) is 0 Å². The summed E-state index contributed by atoms with van der Waals surface area (Å²) in [6.07, 6.45) is 1.45. The molecule has 0 radical (unpaired) electrons. The molecular formula is C11H13Cl2NO5S2. The summed E-state index contributed by atoms with van der Waals surface area (Å²) in [4.78, 5) is 10.6. The zero-order valence-corrected chi connectivity index (χ0v) is 14.2. The SMILES string of the molecule is CC(CS(C)=O)NS(=O)(=O)c1cc(C(=O)O)c(Cl)cc1Cl. The molecule has 1 aromatic carbocycles. The minimum Gasteiger partial charge on any atom is -0.478 e. The van der Waals surface area contributed by atoms with E-state index in [1.165, 1.54) is 6.26 Å². The highest BCUT2D eigenvalue weighted by atomic mass is 35.5. The third kappa shape index (κ3) is 4.93. The van der Waals surface area contributed by atoms with Crippen molar-refractivity contribution in [3.63, 3.8) is 0 Å². The maximum absolute atomic E-state index is 12.2. The Morgan fingerprint density at radius 1 is 1.38 bits per heavy atom. The van der Waals surface area contributed by atoms with E-state index in [9.17, 15) is 17.4 Å². The zero-order valence-electron chi connectivity index (χ0n) is 11.1. The van der Waals surface area contributed by atoms with Crippen LogP contribution in [0, 0.1) is 0 Å². The topological polar surface area (TPSA) is 101 Å². The molecule has 0 saturated heterocycles. The van der Waals surface area contributed by atoms with E-state index in [0.29, 0.717) is 0 Å². The second-order valence-corrected chi connectivity index (χ2v) is 8.31. The second-order valence-electron chi connectivity index (χ2n) is 4.33. The summed E-state index contributed by atoms with van der Waals surface area (Å²) in [5, 5.41) is 8.61. The first-order valence-corrected chi connectivity index (χ1v) is 9.56. The van der Waals surface area contributed by atoms with Crippen molar-refractivity contribution in [3.05, 3.63) is 27.7 Å². The van der Waals surface area contributed by atoms with Crippen molar-refractivity contribution in [1.82, 2.24) is 4.72 Å². The molecule has 0 spiro atoms. The number of hydrogen-bond acceptors (Lipinski definition) is 4. The highest BCUT2D eigenvalue weighted by Crippen LogP contribution is 2.28. The van der Waals surface area contributed by atoms with Crippen molar-refractivity contribution in [1.29, 1.82) is 0 Å². The van der Waals surface area contributed by atoms with Crippen molar-refractivity contribution >= 4 is 50.0 Å². The Hall–Kier alpha value is -0.670. The number of halogens is 2. The minimum atomic E-state index is -4.05. The van der Waals surface area contributed by atoms with Crippen LogP contribution >= 0.6 is 23.2 Å². The monoisotopic (exact) mass is 373 g/mol. The van der Waals surface area contributed by atoms with E-state index in [1.807, 2.05) is 0 Å². The molecule has 0 aliphatic carbocycles. The summed E-state index contributed by atoms with van der Waals surface area (Å²) < 4.78 is 37.8. The number of carboxylic acids is 1. The predicted octanol–water partition coefficient (Wildman–Crippen LogP) is 1.74. The van der Waals surface area contributed by atoms with Gasteiger partial charge >= 0.3 is 5.97 Å². The van der Waals surface area contributed by atoms with Crippen molar-refractivity contribution in [2.45, 2.75) is 17.9 Å². The number of sulfonamides is 1. The summed E-state index contributed by atoms with van der Waals surface area (Å²) >= 11 is 11.5. The van der Waals surface area contributed by atoms with Crippen LogP contribution in [0.2, 0.25) is 10.0 Å². The Labute approximate surface area is 135 Å². The number of carbonyl (C=O) groups is 1. The van der Waals surface area contributed by atoms with E-state index in [0.717, 1.165) is 12.1 Å². The fourth-order valence-corrected chi connectivity index (χ4v) is 4.60. The van der Waals surface area contributed by atoms with E-state index >= 15 is 0 Å². The molecule has 0 bridgehead atoms. The van der Waals surface area contributed by atoms with Gasteiger partial charge in [-0.15, -0.1) is 0 Å². The summed E-state index contributed by atoms with van der Waals surface area (Å²) in [6, 6.07) is 1.36. The van der Waals surface area contributed by atoms with E-state index < -0.39 is 32.8 Å². The van der Waals surface area contributed by atoms with E-state index in [4.69, 9.17) is 28.3 Å². The molecule has 0 aliphatic rings. The van der Waals surface area contributed by atoms with Crippen LogP contribution in [-0.2, 0) is 20.8 Å². The lowest BCUT2D eigenvalue weighted by molar-refractivity contribution is 0.0697. The quantitative estimate of drug-likeness (QED) is 0.790. The third-order valence-electron chi connectivity index (χ3n) is 2.38. The molecule has 2 N–H and O–H groups in total. The van der Waals surface area contributed by atoms with Crippen LogP contribution in [0.4, 0.5) is 0 Å².